The minimum atomic E-state index is -3.88. The fourth-order valence-electron chi connectivity index (χ4n) is 3.36. The first-order chi connectivity index (χ1) is 14.2. The van der Waals surface area contributed by atoms with Gasteiger partial charge in [-0.1, -0.05) is 36.5 Å². The van der Waals surface area contributed by atoms with Gasteiger partial charge in [0.1, 0.15) is 4.90 Å². The Morgan fingerprint density at radius 2 is 1.93 bits per heavy atom. The van der Waals surface area contributed by atoms with E-state index in [4.69, 9.17) is 23.2 Å². The monoisotopic (exact) mass is 490 g/mol. The van der Waals surface area contributed by atoms with Gasteiger partial charge in [0.05, 0.1) is 15.6 Å². The number of halogens is 2. The summed E-state index contributed by atoms with van der Waals surface area (Å²) in [6, 6.07) is 2.35. The van der Waals surface area contributed by atoms with Crippen LogP contribution in [0.4, 0.5) is 5.13 Å². The van der Waals surface area contributed by atoms with E-state index in [1.54, 1.807) is 29.4 Å². The summed E-state index contributed by atoms with van der Waals surface area (Å²) in [5, 5.41) is 2.96. The third kappa shape index (κ3) is 5.26. The van der Waals surface area contributed by atoms with E-state index in [1.807, 2.05) is 12.3 Å². The molecule has 1 atom stereocenters. The Morgan fingerprint density at radius 3 is 2.53 bits per heavy atom. The lowest BCUT2D eigenvalue weighted by Crippen LogP contribution is -2.48. The van der Waals surface area contributed by atoms with Crippen LogP contribution in [0.15, 0.2) is 28.6 Å². The Labute approximate surface area is 191 Å². The van der Waals surface area contributed by atoms with Gasteiger partial charge in [-0.3, -0.25) is 4.79 Å². The molecule has 0 unspecified atom stereocenters. The highest BCUT2D eigenvalue weighted by Gasteiger charge is 2.28. The van der Waals surface area contributed by atoms with Crippen molar-refractivity contribution in [2.45, 2.75) is 37.6 Å². The number of rotatable bonds is 7. The van der Waals surface area contributed by atoms with Crippen LogP contribution in [0.25, 0.3) is 0 Å². The molecular weight excluding hydrogens is 467 g/mol. The maximum Gasteiger partial charge on any atom is 0.255 e. The number of nitrogens with zero attached hydrogens (tertiary/aromatic N) is 3. The Morgan fingerprint density at radius 1 is 1.23 bits per heavy atom. The van der Waals surface area contributed by atoms with Crippen LogP contribution >= 0.6 is 34.5 Å². The van der Waals surface area contributed by atoms with Crippen molar-refractivity contribution in [3.8, 4) is 0 Å². The topological polar surface area (TPSA) is 82.6 Å². The van der Waals surface area contributed by atoms with Gasteiger partial charge in [0.25, 0.3) is 5.91 Å². The van der Waals surface area contributed by atoms with Crippen molar-refractivity contribution in [1.82, 2.24) is 14.6 Å². The number of hydrogen-bond donors (Lipinski definition) is 1. The zero-order chi connectivity index (χ0) is 21.9. The number of carbonyl (C=O) groups is 1. The molecule has 1 aliphatic rings. The molecule has 30 heavy (non-hydrogen) atoms. The quantitative estimate of drug-likeness (QED) is 0.636. The predicted octanol–water partition coefficient (Wildman–Crippen LogP) is 3.88. The second-order valence-corrected chi connectivity index (χ2v) is 10.5. The van der Waals surface area contributed by atoms with Gasteiger partial charge in [-0.25, -0.2) is 18.1 Å². The van der Waals surface area contributed by atoms with Crippen molar-refractivity contribution < 1.29 is 13.2 Å². The van der Waals surface area contributed by atoms with Crippen molar-refractivity contribution in [3.63, 3.8) is 0 Å². The number of anilines is 1. The van der Waals surface area contributed by atoms with E-state index in [2.05, 4.69) is 14.6 Å². The SMILES string of the molecule is CCC[C@H](C)NS(=O)(=O)c1cc(C(=O)N2CCN(c3nccs3)CC2)c(Cl)cc1Cl. The maximum atomic E-state index is 13.1. The molecule has 0 spiro atoms. The summed E-state index contributed by atoms with van der Waals surface area (Å²) in [6.07, 6.45) is 3.29. The Kier molecular flexibility index (Phi) is 7.62. The molecule has 2 heterocycles. The first-order valence-corrected chi connectivity index (χ1v) is 12.8. The van der Waals surface area contributed by atoms with Crippen molar-refractivity contribution in [2.75, 3.05) is 31.1 Å². The average Bonchev–Trinajstić information content (AvgIpc) is 3.22. The first-order valence-electron chi connectivity index (χ1n) is 9.68. The van der Waals surface area contributed by atoms with Crippen molar-refractivity contribution >= 4 is 55.6 Å². The summed E-state index contributed by atoms with van der Waals surface area (Å²) in [7, 11) is -3.88. The molecule has 1 amide bonds. The lowest BCUT2D eigenvalue weighted by Gasteiger charge is -2.34. The van der Waals surface area contributed by atoms with E-state index in [-0.39, 0.29) is 32.5 Å². The van der Waals surface area contributed by atoms with Crippen LogP contribution in [-0.4, -0.2) is 56.4 Å². The molecule has 2 aromatic rings. The van der Waals surface area contributed by atoms with Gasteiger partial charge in [-0.15, -0.1) is 11.3 Å². The predicted molar refractivity (Wildman–Crippen MR) is 121 cm³/mol. The number of sulfonamides is 1. The molecular formula is C19H24Cl2N4O3S2. The van der Waals surface area contributed by atoms with Gasteiger partial charge >= 0.3 is 0 Å². The molecule has 7 nitrogen and oxygen atoms in total. The number of hydrogen-bond acceptors (Lipinski definition) is 6. The fraction of sp³-hybridized carbons (Fsp3) is 0.474. The number of thiazole rings is 1. The summed E-state index contributed by atoms with van der Waals surface area (Å²) >= 11 is 14.0. The molecule has 1 saturated heterocycles. The third-order valence-electron chi connectivity index (χ3n) is 4.88. The summed E-state index contributed by atoms with van der Waals surface area (Å²) in [4.78, 5) is 21.0. The van der Waals surface area contributed by atoms with E-state index in [1.165, 1.54) is 12.1 Å². The molecule has 1 N–H and O–H groups in total. The number of nitrogens with one attached hydrogen (secondary N) is 1. The lowest BCUT2D eigenvalue weighted by molar-refractivity contribution is 0.0746. The third-order valence-corrected chi connectivity index (χ3v) is 8.08. The molecule has 3 rings (SSSR count). The highest BCUT2D eigenvalue weighted by Crippen LogP contribution is 2.30. The first kappa shape index (κ1) is 23.3. The van der Waals surface area contributed by atoms with Gasteiger partial charge < -0.3 is 9.80 Å². The molecule has 1 aliphatic heterocycles. The fourth-order valence-corrected chi connectivity index (χ4v) is 6.19. The van der Waals surface area contributed by atoms with Gasteiger partial charge in [-0.05, 0) is 25.5 Å². The van der Waals surface area contributed by atoms with Gasteiger partial charge in [-0.2, -0.15) is 0 Å². The van der Waals surface area contributed by atoms with E-state index in [0.717, 1.165) is 11.6 Å². The molecule has 0 saturated carbocycles. The summed E-state index contributed by atoms with van der Waals surface area (Å²) < 4.78 is 28.2. The van der Waals surface area contributed by atoms with E-state index < -0.39 is 10.0 Å². The summed E-state index contributed by atoms with van der Waals surface area (Å²) in [5.41, 5.74) is 0.132. The minimum Gasteiger partial charge on any atom is -0.345 e. The molecule has 0 bridgehead atoms. The highest BCUT2D eigenvalue weighted by atomic mass is 35.5. The second-order valence-electron chi connectivity index (χ2n) is 7.17. The zero-order valence-corrected chi connectivity index (χ0v) is 19.9. The normalized spacial score (nSPS) is 16.0. The van der Waals surface area contributed by atoms with E-state index >= 15 is 0 Å². The summed E-state index contributed by atoms with van der Waals surface area (Å²) in [6.45, 7) is 6.04. The number of amides is 1. The molecule has 1 aromatic heterocycles. The van der Waals surface area contributed by atoms with Gasteiger partial charge in [0.15, 0.2) is 5.13 Å². The summed E-state index contributed by atoms with van der Waals surface area (Å²) in [5.74, 6) is -0.312. The van der Waals surface area contributed by atoms with Crippen molar-refractivity contribution in [3.05, 3.63) is 39.3 Å². The van der Waals surface area contributed by atoms with Gasteiger partial charge in [0, 0.05) is 43.8 Å². The standard InChI is InChI=1S/C19H24Cl2N4O3S2/c1-3-4-13(2)23-30(27,28)17-11-14(15(20)12-16(17)21)18(26)24-6-8-25(9-7-24)19-22-5-10-29-19/h5,10-13,23H,3-4,6-9H2,1-2H3/t13-/m0/s1. The largest absolute Gasteiger partial charge is 0.345 e. The Balaban J connectivity index is 1.79. The maximum absolute atomic E-state index is 13.1. The smallest absolute Gasteiger partial charge is 0.255 e. The van der Waals surface area contributed by atoms with E-state index in [0.29, 0.717) is 32.6 Å². The second kappa shape index (κ2) is 9.82. The van der Waals surface area contributed by atoms with Crippen LogP contribution in [0.3, 0.4) is 0 Å². The van der Waals surface area contributed by atoms with Crippen LogP contribution in [-0.2, 0) is 10.0 Å². The number of benzene rings is 1. The Hall–Kier alpha value is -1.39. The zero-order valence-electron chi connectivity index (χ0n) is 16.8. The van der Waals surface area contributed by atoms with Crippen LogP contribution in [0.5, 0.6) is 0 Å². The van der Waals surface area contributed by atoms with Crippen LogP contribution in [0, 0.1) is 0 Å². The minimum absolute atomic E-state index is 0.0127. The van der Waals surface area contributed by atoms with Crippen molar-refractivity contribution in [1.29, 1.82) is 0 Å². The van der Waals surface area contributed by atoms with Crippen LogP contribution in [0.2, 0.25) is 10.0 Å². The highest BCUT2D eigenvalue weighted by molar-refractivity contribution is 7.89. The van der Waals surface area contributed by atoms with Crippen LogP contribution < -0.4 is 9.62 Å². The molecule has 0 aliphatic carbocycles. The molecule has 11 heteroatoms. The number of carbonyl (C=O) groups excluding carboxylic acids is 1. The molecule has 0 radical (unpaired) electrons. The molecule has 1 fully saturated rings. The average molecular weight is 491 g/mol. The van der Waals surface area contributed by atoms with Crippen LogP contribution in [0.1, 0.15) is 37.0 Å². The molecule has 1 aromatic carbocycles. The van der Waals surface area contributed by atoms with Crippen molar-refractivity contribution in [2.24, 2.45) is 0 Å². The molecule has 164 valence electrons. The Bertz CT molecular complexity index is 991. The number of aromatic nitrogens is 1. The lowest BCUT2D eigenvalue weighted by atomic mass is 10.1. The van der Waals surface area contributed by atoms with E-state index in [9.17, 15) is 13.2 Å². The van der Waals surface area contributed by atoms with Gasteiger partial charge in [0.2, 0.25) is 10.0 Å². The number of piperazine rings is 1.